The van der Waals surface area contributed by atoms with Crippen LogP contribution in [0, 0.1) is 0 Å². The van der Waals surface area contributed by atoms with Crippen LogP contribution in [0.3, 0.4) is 0 Å². The molecule has 0 aliphatic carbocycles. The maximum Gasteiger partial charge on any atom is 0.161 e. The van der Waals surface area contributed by atoms with E-state index in [-0.39, 0.29) is 0 Å². The molecule has 1 heterocycles. The van der Waals surface area contributed by atoms with Gasteiger partial charge in [0.2, 0.25) is 0 Å². The number of hydrogen-bond donors (Lipinski definition) is 1. The van der Waals surface area contributed by atoms with Gasteiger partial charge < -0.3 is 14.8 Å². The number of ether oxygens (including phenoxy) is 2. The Kier molecular flexibility index (Phi) is 5.22. The molecule has 2 rings (SSSR count). The maximum absolute atomic E-state index is 11.0. The average molecular weight is 283 g/mol. The molecule has 106 valence electrons. The molecule has 0 bridgehead atoms. The van der Waals surface area contributed by atoms with Crippen LogP contribution in [0.4, 0.5) is 0 Å². The van der Waals surface area contributed by atoms with Gasteiger partial charge in [-0.1, -0.05) is 6.07 Å². The highest BCUT2D eigenvalue weighted by Crippen LogP contribution is 2.30. The van der Waals surface area contributed by atoms with Gasteiger partial charge in [0.1, 0.15) is 13.2 Å². The number of nitrogens with one attached hydrogen (secondary N) is 1. The largest absolute Gasteiger partial charge is 0.486 e. The molecule has 2 atom stereocenters. The van der Waals surface area contributed by atoms with E-state index < -0.39 is 10.8 Å². The highest BCUT2D eigenvalue weighted by atomic mass is 32.2. The molecule has 0 saturated carbocycles. The Balaban J connectivity index is 1.84. The van der Waals surface area contributed by atoms with Crippen molar-refractivity contribution in [2.75, 3.05) is 25.2 Å². The quantitative estimate of drug-likeness (QED) is 0.863. The van der Waals surface area contributed by atoms with Gasteiger partial charge in [0.05, 0.1) is 0 Å². The van der Waals surface area contributed by atoms with Crippen LogP contribution in [-0.2, 0) is 17.3 Å². The molecule has 0 spiro atoms. The van der Waals surface area contributed by atoms with Crippen LogP contribution in [0.25, 0.3) is 0 Å². The van der Waals surface area contributed by atoms with E-state index in [9.17, 15) is 4.21 Å². The second-order valence-corrected chi connectivity index (χ2v) is 6.38. The van der Waals surface area contributed by atoms with E-state index in [2.05, 4.69) is 12.2 Å². The number of benzene rings is 1. The van der Waals surface area contributed by atoms with Crippen LogP contribution in [-0.4, -0.2) is 35.5 Å². The van der Waals surface area contributed by atoms with Crippen LogP contribution in [0.2, 0.25) is 0 Å². The van der Waals surface area contributed by atoms with Crippen LogP contribution < -0.4 is 14.8 Å². The van der Waals surface area contributed by atoms with E-state index >= 15 is 0 Å². The van der Waals surface area contributed by atoms with E-state index in [1.807, 2.05) is 18.2 Å². The van der Waals surface area contributed by atoms with Crippen molar-refractivity contribution in [1.82, 2.24) is 5.32 Å². The molecule has 1 aromatic rings. The molecule has 0 aromatic heterocycles. The number of rotatable bonds is 6. The summed E-state index contributed by atoms with van der Waals surface area (Å²) in [4.78, 5) is 0. The van der Waals surface area contributed by atoms with Crippen molar-refractivity contribution in [2.24, 2.45) is 0 Å². The van der Waals surface area contributed by atoms with Crippen LogP contribution >= 0.6 is 0 Å². The lowest BCUT2D eigenvalue weighted by molar-refractivity contribution is 0.171. The second-order valence-electron chi connectivity index (χ2n) is 4.83. The zero-order chi connectivity index (χ0) is 13.7. The van der Waals surface area contributed by atoms with Crippen molar-refractivity contribution in [3.8, 4) is 11.5 Å². The Hall–Kier alpha value is -1.07. The predicted molar refractivity (Wildman–Crippen MR) is 77.3 cm³/mol. The molecular formula is C14H21NO3S. The van der Waals surface area contributed by atoms with E-state index in [0.717, 1.165) is 30.2 Å². The molecular weight excluding hydrogens is 262 g/mol. The van der Waals surface area contributed by atoms with Crippen LogP contribution in [0.1, 0.15) is 18.9 Å². The molecule has 19 heavy (non-hydrogen) atoms. The first kappa shape index (κ1) is 14.3. The van der Waals surface area contributed by atoms with Gasteiger partial charge in [-0.3, -0.25) is 4.21 Å². The summed E-state index contributed by atoms with van der Waals surface area (Å²) in [5.74, 6) is 2.40. The first-order valence-corrected chi connectivity index (χ1v) is 8.30. The standard InChI is InChI=1S/C14H21NO3S/c1-11(5-8-19(2)16)15-10-12-3-4-13-14(9-12)18-7-6-17-13/h3-4,9,11,15H,5-8,10H2,1-2H3. The Labute approximate surface area is 116 Å². The van der Waals surface area contributed by atoms with Gasteiger partial charge in [-0.2, -0.15) is 0 Å². The summed E-state index contributed by atoms with van der Waals surface area (Å²) in [5.41, 5.74) is 1.17. The molecule has 0 radical (unpaired) electrons. The van der Waals surface area contributed by atoms with Crippen molar-refractivity contribution in [3.63, 3.8) is 0 Å². The second kappa shape index (κ2) is 6.91. The Morgan fingerprint density at radius 2 is 2.05 bits per heavy atom. The van der Waals surface area contributed by atoms with Gasteiger partial charge in [-0.15, -0.1) is 0 Å². The van der Waals surface area contributed by atoms with Gasteiger partial charge in [0, 0.05) is 35.4 Å². The third-order valence-corrected chi connectivity index (χ3v) is 3.91. The molecule has 2 unspecified atom stereocenters. The first-order chi connectivity index (χ1) is 9.15. The van der Waals surface area contributed by atoms with E-state index in [1.165, 1.54) is 5.56 Å². The molecule has 0 fully saturated rings. The molecule has 0 saturated heterocycles. The third-order valence-electron chi connectivity index (χ3n) is 3.10. The monoisotopic (exact) mass is 283 g/mol. The van der Waals surface area contributed by atoms with Gasteiger partial charge in [-0.05, 0) is 31.0 Å². The number of hydrogen-bond acceptors (Lipinski definition) is 4. The molecule has 0 amide bonds. The molecule has 4 nitrogen and oxygen atoms in total. The van der Waals surface area contributed by atoms with Crippen molar-refractivity contribution in [1.29, 1.82) is 0 Å². The lowest BCUT2D eigenvalue weighted by Crippen LogP contribution is -2.27. The van der Waals surface area contributed by atoms with Gasteiger partial charge in [-0.25, -0.2) is 0 Å². The van der Waals surface area contributed by atoms with Gasteiger partial charge in [0.25, 0.3) is 0 Å². The normalized spacial score (nSPS) is 16.9. The SMILES string of the molecule is CC(CCS(C)=O)NCc1ccc2c(c1)OCCO2. The zero-order valence-corrected chi connectivity index (χ0v) is 12.3. The van der Waals surface area contributed by atoms with Gasteiger partial charge in [0.15, 0.2) is 11.5 Å². The zero-order valence-electron chi connectivity index (χ0n) is 11.5. The molecule has 5 heteroatoms. The van der Waals surface area contributed by atoms with Gasteiger partial charge >= 0.3 is 0 Å². The number of fused-ring (bicyclic) bond motifs is 1. The summed E-state index contributed by atoms with van der Waals surface area (Å²) < 4.78 is 22.1. The Morgan fingerprint density at radius 1 is 1.32 bits per heavy atom. The average Bonchev–Trinajstić information content (AvgIpc) is 2.42. The van der Waals surface area contributed by atoms with Crippen molar-refractivity contribution >= 4 is 10.8 Å². The minimum Gasteiger partial charge on any atom is -0.486 e. The fourth-order valence-corrected chi connectivity index (χ4v) is 2.62. The molecule has 1 N–H and O–H groups in total. The molecule has 1 aromatic carbocycles. The lowest BCUT2D eigenvalue weighted by atomic mass is 10.1. The maximum atomic E-state index is 11.0. The molecule has 1 aliphatic heterocycles. The van der Waals surface area contributed by atoms with Crippen LogP contribution in [0.15, 0.2) is 18.2 Å². The van der Waals surface area contributed by atoms with Crippen molar-refractivity contribution < 1.29 is 13.7 Å². The minimum atomic E-state index is -0.713. The van der Waals surface area contributed by atoms with Crippen molar-refractivity contribution in [2.45, 2.75) is 25.9 Å². The van der Waals surface area contributed by atoms with Crippen LogP contribution in [0.5, 0.6) is 11.5 Å². The molecule has 1 aliphatic rings. The van der Waals surface area contributed by atoms with E-state index in [1.54, 1.807) is 6.26 Å². The summed E-state index contributed by atoms with van der Waals surface area (Å²) in [5, 5.41) is 3.43. The fourth-order valence-electron chi connectivity index (χ4n) is 1.93. The summed E-state index contributed by atoms with van der Waals surface area (Å²) in [6, 6.07) is 6.38. The summed E-state index contributed by atoms with van der Waals surface area (Å²) >= 11 is 0. The fraction of sp³-hybridized carbons (Fsp3) is 0.571. The Bertz CT molecular complexity index is 450. The van der Waals surface area contributed by atoms with E-state index in [0.29, 0.717) is 19.3 Å². The van der Waals surface area contributed by atoms with E-state index in [4.69, 9.17) is 9.47 Å². The summed E-state index contributed by atoms with van der Waals surface area (Å²) in [7, 11) is -0.713. The Morgan fingerprint density at radius 3 is 2.79 bits per heavy atom. The lowest BCUT2D eigenvalue weighted by Gasteiger charge is -2.19. The highest BCUT2D eigenvalue weighted by molar-refractivity contribution is 7.84. The minimum absolute atomic E-state index is 0.358. The first-order valence-electron chi connectivity index (χ1n) is 6.57. The van der Waals surface area contributed by atoms with Crippen molar-refractivity contribution in [3.05, 3.63) is 23.8 Å². The predicted octanol–water partition coefficient (Wildman–Crippen LogP) is 1.70. The highest BCUT2D eigenvalue weighted by Gasteiger charge is 2.11. The third kappa shape index (κ3) is 4.51. The topological polar surface area (TPSA) is 47.6 Å². The smallest absolute Gasteiger partial charge is 0.161 e. The summed E-state index contributed by atoms with van der Waals surface area (Å²) in [6.45, 7) is 4.14. The summed E-state index contributed by atoms with van der Waals surface area (Å²) in [6.07, 6.45) is 2.67.